The first kappa shape index (κ1) is 21.1. The third-order valence-electron chi connectivity index (χ3n) is 6.05. The van der Waals surface area contributed by atoms with Gasteiger partial charge in [0.2, 0.25) is 0 Å². The molecule has 0 spiro atoms. The standard InChI is InChI=1S/C26H25FN4O2/c27-21-11-9-19(10-12-21)18-33-23-8-3-5-20(15-23)17-30(22-6-1-2-7-22)26(32)24-16-25-28-13-4-14-31(25)29-24/h3-5,8-16,22H,1-2,6-7,17-18H2. The van der Waals surface area contributed by atoms with E-state index in [2.05, 4.69) is 10.1 Å². The minimum atomic E-state index is -0.265. The van der Waals surface area contributed by atoms with Gasteiger partial charge in [-0.1, -0.05) is 37.1 Å². The Morgan fingerprint density at radius 1 is 1.06 bits per heavy atom. The van der Waals surface area contributed by atoms with Gasteiger partial charge >= 0.3 is 0 Å². The molecule has 2 heterocycles. The van der Waals surface area contributed by atoms with Crippen LogP contribution in [0.3, 0.4) is 0 Å². The maximum atomic E-state index is 13.5. The molecule has 0 N–H and O–H groups in total. The number of hydrogen-bond acceptors (Lipinski definition) is 4. The van der Waals surface area contributed by atoms with Crippen molar-refractivity contribution in [3.8, 4) is 5.75 Å². The Morgan fingerprint density at radius 3 is 2.67 bits per heavy atom. The topological polar surface area (TPSA) is 59.7 Å². The van der Waals surface area contributed by atoms with Crippen molar-refractivity contribution >= 4 is 11.6 Å². The van der Waals surface area contributed by atoms with Crippen LogP contribution in [0.25, 0.3) is 5.65 Å². The van der Waals surface area contributed by atoms with Crippen molar-refractivity contribution in [3.63, 3.8) is 0 Å². The van der Waals surface area contributed by atoms with Crippen molar-refractivity contribution in [2.45, 2.75) is 44.9 Å². The van der Waals surface area contributed by atoms with Gasteiger partial charge in [0.25, 0.3) is 5.91 Å². The third-order valence-corrected chi connectivity index (χ3v) is 6.05. The number of nitrogens with zero attached hydrogens (tertiary/aromatic N) is 4. The van der Waals surface area contributed by atoms with Crippen molar-refractivity contribution in [2.24, 2.45) is 0 Å². The summed E-state index contributed by atoms with van der Waals surface area (Å²) in [5.41, 5.74) is 2.95. The lowest BCUT2D eigenvalue weighted by molar-refractivity contribution is 0.0657. The molecule has 0 bridgehead atoms. The zero-order valence-corrected chi connectivity index (χ0v) is 18.2. The first-order chi connectivity index (χ1) is 16.2. The molecule has 2 aromatic heterocycles. The zero-order valence-electron chi connectivity index (χ0n) is 18.2. The molecule has 1 saturated carbocycles. The monoisotopic (exact) mass is 444 g/mol. The second-order valence-electron chi connectivity index (χ2n) is 8.39. The van der Waals surface area contributed by atoms with E-state index in [0.29, 0.717) is 30.2 Å². The number of amides is 1. The molecule has 4 aromatic rings. The van der Waals surface area contributed by atoms with E-state index in [1.165, 1.54) is 12.1 Å². The molecule has 1 aliphatic rings. The van der Waals surface area contributed by atoms with E-state index in [1.54, 1.807) is 41.2 Å². The summed E-state index contributed by atoms with van der Waals surface area (Å²) in [4.78, 5) is 19.7. The van der Waals surface area contributed by atoms with Crippen LogP contribution in [0.1, 0.15) is 47.3 Å². The second kappa shape index (κ2) is 9.40. The van der Waals surface area contributed by atoms with Gasteiger partial charge in [-0.2, -0.15) is 5.10 Å². The fraction of sp³-hybridized carbons (Fsp3) is 0.269. The molecule has 6 nitrogen and oxygen atoms in total. The zero-order chi connectivity index (χ0) is 22.6. The average Bonchev–Trinajstić information content (AvgIpc) is 3.52. The first-order valence-corrected chi connectivity index (χ1v) is 11.2. The van der Waals surface area contributed by atoms with Crippen molar-refractivity contribution in [1.29, 1.82) is 0 Å². The van der Waals surface area contributed by atoms with Gasteiger partial charge in [-0.05, 0) is 54.3 Å². The quantitative estimate of drug-likeness (QED) is 0.401. The number of halogens is 1. The highest BCUT2D eigenvalue weighted by molar-refractivity contribution is 5.93. The molecule has 0 radical (unpaired) electrons. The maximum absolute atomic E-state index is 13.5. The van der Waals surface area contributed by atoms with Gasteiger partial charge in [-0.15, -0.1) is 0 Å². The summed E-state index contributed by atoms with van der Waals surface area (Å²) in [6.07, 6.45) is 7.73. The lowest BCUT2D eigenvalue weighted by atomic mass is 10.1. The van der Waals surface area contributed by atoms with Gasteiger partial charge in [-0.3, -0.25) is 4.79 Å². The summed E-state index contributed by atoms with van der Waals surface area (Å²) >= 11 is 0. The van der Waals surface area contributed by atoms with Crippen LogP contribution in [0.15, 0.2) is 73.1 Å². The van der Waals surface area contributed by atoms with Gasteiger partial charge < -0.3 is 9.64 Å². The summed E-state index contributed by atoms with van der Waals surface area (Å²) in [5, 5.41) is 4.44. The molecule has 33 heavy (non-hydrogen) atoms. The minimum Gasteiger partial charge on any atom is -0.489 e. The van der Waals surface area contributed by atoms with Crippen molar-refractivity contribution in [2.75, 3.05) is 0 Å². The molecule has 0 saturated heterocycles. The summed E-state index contributed by atoms with van der Waals surface area (Å²) in [6, 6.07) is 17.8. The summed E-state index contributed by atoms with van der Waals surface area (Å²) in [7, 11) is 0. The van der Waals surface area contributed by atoms with Gasteiger partial charge in [-0.25, -0.2) is 13.9 Å². The number of fused-ring (bicyclic) bond motifs is 1. The number of hydrogen-bond donors (Lipinski definition) is 0. The fourth-order valence-corrected chi connectivity index (χ4v) is 4.34. The minimum absolute atomic E-state index is 0.0787. The average molecular weight is 445 g/mol. The lowest BCUT2D eigenvalue weighted by Gasteiger charge is -2.28. The number of ether oxygens (including phenoxy) is 1. The Labute approximate surface area is 191 Å². The van der Waals surface area contributed by atoms with Crippen molar-refractivity contribution in [1.82, 2.24) is 19.5 Å². The van der Waals surface area contributed by atoms with Crippen LogP contribution >= 0.6 is 0 Å². The van der Waals surface area contributed by atoms with Gasteiger partial charge in [0, 0.05) is 31.0 Å². The van der Waals surface area contributed by atoms with E-state index in [4.69, 9.17) is 4.74 Å². The predicted molar refractivity (Wildman–Crippen MR) is 122 cm³/mol. The van der Waals surface area contributed by atoms with E-state index in [0.717, 1.165) is 36.8 Å². The second-order valence-corrected chi connectivity index (χ2v) is 8.39. The van der Waals surface area contributed by atoms with Crippen LogP contribution in [-0.2, 0) is 13.2 Å². The van der Waals surface area contributed by atoms with Crippen LogP contribution in [0, 0.1) is 5.82 Å². The van der Waals surface area contributed by atoms with Crippen molar-refractivity contribution < 1.29 is 13.9 Å². The largest absolute Gasteiger partial charge is 0.489 e. The number of carbonyl (C=O) groups is 1. The molecular formula is C26H25FN4O2. The highest BCUT2D eigenvalue weighted by Crippen LogP contribution is 2.27. The smallest absolute Gasteiger partial charge is 0.275 e. The summed E-state index contributed by atoms with van der Waals surface area (Å²) in [6.45, 7) is 0.835. The molecule has 0 aliphatic heterocycles. The molecule has 0 unspecified atom stereocenters. The van der Waals surface area contributed by atoms with E-state index < -0.39 is 0 Å². The molecule has 5 rings (SSSR count). The van der Waals surface area contributed by atoms with Gasteiger partial charge in [0.05, 0.1) is 0 Å². The van der Waals surface area contributed by atoms with Gasteiger partial charge in [0.15, 0.2) is 11.3 Å². The number of carbonyl (C=O) groups excluding carboxylic acids is 1. The molecule has 0 atom stereocenters. The lowest BCUT2D eigenvalue weighted by Crippen LogP contribution is -2.38. The Morgan fingerprint density at radius 2 is 1.88 bits per heavy atom. The highest BCUT2D eigenvalue weighted by Gasteiger charge is 2.29. The molecule has 168 valence electrons. The van der Waals surface area contributed by atoms with E-state index in [1.807, 2.05) is 29.2 Å². The van der Waals surface area contributed by atoms with Crippen LogP contribution in [0.2, 0.25) is 0 Å². The fourth-order valence-electron chi connectivity index (χ4n) is 4.34. The van der Waals surface area contributed by atoms with E-state index >= 15 is 0 Å². The Balaban J connectivity index is 1.34. The summed E-state index contributed by atoms with van der Waals surface area (Å²) in [5.74, 6) is 0.372. The first-order valence-electron chi connectivity index (χ1n) is 11.2. The Kier molecular flexibility index (Phi) is 6.02. The number of rotatable bonds is 7. The Hall–Kier alpha value is -3.74. The molecule has 1 amide bonds. The number of aromatic nitrogens is 3. The summed E-state index contributed by atoms with van der Waals surface area (Å²) < 4.78 is 20.7. The molecule has 1 aliphatic carbocycles. The van der Waals surface area contributed by atoms with E-state index in [9.17, 15) is 9.18 Å². The highest BCUT2D eigenvalue weighted by atomic mass is 19.1. The molecule has 7 heteroatoms. The number of benzene rings is 2. The van der Waals surface area contributed by atoms with E-state index in [-0.39, 0.29) is 17.8 Å². The maximum Gasteiger partial charge on any atom is 0.275 e. The molecular weight excluding hydrogens is 419 g/mol. The molecule has 1 fully saturated rings. The van der Waals surface area contributed by atoms with Crippen LogP contribution < -0.4 is 4.74 Å². The van der Waals surface area contributed by atoms with Crippen LogP contribution in [-0.4, -0.2) is 31.4 Å². The SMILES string of the molecule is O=C(c1cc2ncccn2n1)N(Cc1cccc(OCc2ccc(F)cc2)c1)C1CCCC1. The van der Waals surface area contributed by atoms with Crippen LogP contribution in [0.4, 0.5) is 4.39 Å². The predicted octanol–water partition coefficient (Wildman–Crippen LogP) is 5.03. The van der Waals surface area contributed by atoms with Gasteiger partial charge in [0.1, 0.15) is 18.2 Å². The third kappa shape index (κ3) is 4.87. The molecule has 2 aromatic carbocycles. The van der Waals surface area contributed by atoms with Crippen LogP contribution in [0.5, 0.6) is 5.75 Å². The Bertz CT molecular complexity index is 1220. The van der Waals surface area contributed by atoms with Crippen molar-refractivity contribution in [3.05, 3.63) is 95.7 Å². The normalized spacial score (nSPS) is 14.0.